The van der Waals surface area contributed by atoms with E-state index in [1.54, 1.807) is 12.3 Å². The maximum Gasteiger partial charge on any atom is 0.310 e. The van der Waals surface area contributed by atoms with Crippen LogP contribution in [0.1, 0.15) is 25.7 Å². The molecule has 1 heterocycles. The normalized spacial score (nSPS) is 10.3. The van der Waals surface area contributed by atoms with Gasteiger partial charge in [0.15, 0.2) is 0 Å². The number of aromatic nitrogens is 1. The number of unbranched alkanes of at least 4 members (excludes halogenated alkanes) is 3. The van der Waals surface area contributed by atoms with E-state index >= 15 is 0 Å². The molecule has 1 aromatic heterocycles. The van der Waals surface area contributed by atoms with Gasteiger partial charge < -0.3 is 5.32 Å². The average Bonchev–Trinajstić information content (AvgIpc) is 2.38. The summed E-state index contributed by atoms with van der Waals surface area (Å²) in [5.41, 5.74) is 0.596. The zero-order valence-corrected chi connectivity index (χ0v) is 11.4. The third-order valence-corrected chi connectivity index (χ3v) is 3.28. The fourth-order valence-electron chi connectivity index (χ4n) is 1.63. The summed E-state index contributed by atoms with van der Waals surface area (Å²) in [6.45, 7) is 0.768. The van der Waals surface area contributed by atoms with Crippen molar-refractivity contribution in [3.05, 3.63) is 28.6 Å². The Hall–Kier alpha value is -1.30. The number of rotatable bonds is 9. The zero-order chi connectivity index (χ0) is 13.2. The topological polar surface area (TPSA) is 68.1 Å². The second-order valence-electron chi connectivity index (χ2n) is 3.98. The second-order valence-corrected chi connectivity index (χ2v) is 4.97. The van der Waals surface area contributed by atoms with Crippen LogP contribution in [0.25, 0.3) is 0 Å². The van der Waals surface area contributed by atoms with Gasteiger partial charge in [-0.1, -0.05) is 12.8 Å². The van der Waals surface area contributed by atoms with E-state index in [1.165, 1.54) is 24.8 Å². The van der Waals surface area contributed by atoms with Crippen molar-refractivity contribution in [1.82, 2.24) is 4.98 Å². The van der Waals surface area contributed by atoms with Crippen LogP contribution in [0.5, 0.6) is 0 Å². The third kappa shape index (κ3) is 5.35. The predicted octanol–water partition coefficient (Wildman–Crippen LogP) is 3.33. The number of anilines is 1. The number of nitrogens with one attached hydrogen (secondary N) is 1. The molecule has 1 rings (SSSR count). The Morgan fingerprint density at radius 2 is 2.17 bits per heavy atom. The maximum atomic E-state index is 10.8. The average molecular weight is 269 g/mol. The Labute approximate surface area is 112 Å². The summed E-state index contributed by atoms with van der Waals surface area (Å²) in [5.74, 6) is 1.21. The minimum atomic E-state index is -0.409. The van der Waals surface area contributed by atoms with Crippen LogP contribution in [0.3, 0.4) is 0 Å². The Kier molecular flexibility index (Phi) is 7.17. The Bertz CT molecular complexity index is 374. The lowest BCUT2D eigenvalue weighted by molar-refractivity contribution is -0.384. The number of nitrogens with zero attached hydrogens (tertiary/aromatic N) is 2. The summed E-state index contributed by atoms with van der Waals surface area (Å²) in [4.78, 5) is 14.1. The molecule has 1 aromatic rings. The van der Waals surface area contributed by atoms with Crippen LogP contribution in [0.2, 0.25) is 0 Å². The number of hydrogen-bond donors (Lipinski definition) is 1. The number of nitro groups is 1. The summed E-state index contributed by atoms with van der Waals surface area (Å²) in [6, 6.07) is 1.64. The van der Waals surface area contributed by atoms with Gasteiger partial charge in [-0.25, -0.2) is 0 Å². The zero-order valence-electron chi connectivity index (χ0n) is 10.6. The van der Waals surface area contributed by atoms with Gasteiger partial charge in [-0.15, -0.1) is 0 Å². The van der Waals surface area contributed by atoms with E-state index in [4.69, 9.17) is 0 Å². The van der Waals surface area contributed by atoms with Crippen molar-refractivity contribution in [1.29, 1.82) is 0 Å². The molecule has 0 unspecified atom stereocenters. The molecule has 6 heteroatoms. The van der Waals surface area contributed by atoms with Gasteiger partial charge in [0.2, 0.25) is 0 Å². The van der Waals surface area contributed by atoms with Crippen molar-refractivity contribution in [3.8, 4) is 0 Å². The molecule has 0 fully saturated rings. The number of thioether (sulfide) groups is 1. The number of pyridine rings is 1. The van der Waals surface area contributed by atoms with E-state index in [-0.39, 0.29) is 5.69 Å². The molecule has 1 N–H and O–H groups in total. The summed E-state index contributed by atoms with van der Waals surface area (Å²) < 4.78 is 0. The fraction of sp³-hybridized carbons (Fsp3) is 0.583. The summed E-state index contributed by atoms with van der Waals surface area (Å²) >= 11 is 1.87. The van der Waals surface area contributed by atoms with Crippen molar-refractivity contribution < 1.29 is 4.92 Å². The first kappa shape index (κ1) is 14.8. The lowest BCUT2D eigenvalue weighted by atomic mass is 10.2. The van der Waals surface area contributed by atoms with E-state index < -0.39 is 4.92 Å². The first-order valence-corrected chi connectivity index (χ1v) is 7.46. The molecule has 0 amide bonds. The monoisotopic (exact) mass is 269 g/mol. The van der Waals surface area contributed by atoms with Crippen molar-refractivity contribution >= 4 is 23.1 Å². The molecule has 0 saturated heterocycles. The minimum Gasteiger partial charge on any atom is -0.379 e. The van der Waals surface area contributed by atoms with Crippen molar-refractivity contribution in [2.75, 3.05) is 23.9 Å². The van der Waals surface area contributed by atoms with Gasteiger partial charge in [0.05, 0.1) is 4.92 Å². The van der Waals surface area contributed by atoms with Gasteiger partial charge in [0.1, 0.15) is 11.9 Å². The molecular weight excluding hydrogens is 250 g/mol. The van der Waals surface area contributed by atoms with Crippen molar-refractivity contribution in [2.24, 2.45) is 0 Å². The Balaban J connectivity index is 2.25. The molecule has 0 saturated carbocycles. The molecule has 100 valence electrons. The molecule has 0 aromatic carbocycles. The lowest BCUT2D eigenvalue weighted by Gasteiger charge is -2.06. The van der Waals surface area contributed by atoms with E-state index in [0.717, 1.165) is 19.4 Å². The lowest BCUT2D eigenvalue weighted by Crippen LogP contribution is -2.04. The van der Waals surface area contributed by atoms with Crippen LogP contribution in [-0.4, -0.2) is 28.5 Å². The summed E-state index contributed by atoms with van der Waals surface area (Å²) in [5, 5.41) is 13.9. The van der Waals surface area contributed by atoms with Crippen LogP contribution < -0.4 is 5.32 Å². The van der Waals surface area contributed by atoms with Gasteiger partial charge in [-0.2, -0.15) is 11.8 Å². The maximum absolute atomic E-state index is 10.8. The van der Waals surface area contributed by atoms with Gasteiger partial charge in [0.25, 0.3) is 0 Å². The van der Waals surface area contributed by atoms with E-state index in [1.807, 2.05) is 11.8 Å². The molecule has 0 bridgehead atoms. The molecule has 0 aliphatic carbocycles. The highest BCUT2D eigenvalue weighted by Gasteiger charge is 2.11. The molecular formula is C12H19N3O2S. The van der Waals surface area contributed by atoms with E-state index in [9.17, 15) is 10.1 Å². The van der Waals surface area contributed by atoms with Crippen LogP contribution >= 0.6 is 11.8 Å². The van der Waals surface area contributed by atoms with Gasteiger partial charge in [0, 0.05) is 12.7 Å². The van der Waals surface area contributed by atoms with Crippen LogP contribution in [0.4, 0.5) is 11.4 Å². The Morgan fingerprint density at radius 3 is 2.89 bits per heavy atom. The molecule has 18 heavy (non-hydrogen) atoms. The first-order valence-electron chi connectivity index (χ1n) is 6.07. The van der Waals surface area contributed by atoms with Gasteiger partial charge in [-0.3, -0.25) is 15.1 Å². The largest absolute Gasteiger partial charge is 0.379 e. The second kappa shape index (κ2) is 8.74. The third-order valence-electron chi connectivity index (χ3n) is 2.59. The SMILES string of the molecule is CSCCCCCCNc1ccncc1[N+](=O)[O-]. The van der Waals surface area contributed by atoms with Gasteiger partial charge >= 0.3 is 5.69 Å². The molecule has 0 spiro atoms. The molecule has 0 atom stereocenters. The first-order chi connectivity index (χ1) is 8.75. The highest BCUT2D eigenvalue weighted by Crippen LogP contribution is 2.21. The van der Waals surface area contributed by atoms with Gasteiger partial charge in [-0.05, 0) is 30.9 Å². The molecule has 0 aliphatic heterocycles. The van der Waals surface area contributed by atoms with Crippen LogP contribution in [-0.2, 0) is 0 Å². The molecule has 0 aliphatic rings. The highest BCUT2D eigenvalue weighted by molar-refractivity contribution is 7.98. The smallest absolute Gasteiger partial charge is 0.310 e. The highest BCUT2D eigenvalue weighted by atomic mass is 32.2. The van der Waals surface area contributed by atoms with Crippen molar-refractivity contribution in [3.63, 3.8) is 0 Å². The minimum absolute atomic E-state index is 0.0416. The fourth-order valence-corrected chi connectivity index (χ4v) is 2.12. The summed E-state index contributed by atoms with van der Waals surface area (Å²) in [6.07, 6.45) is 9.62. The van der Waals surface area contributed by atoms with Crippen molar-refractivity contribution in [2.45, 2.75) is 25.7 Å². The predicted molar refractivity (Wildman–Crippen MR) is 76.2 cm³/mol. The van der Waals surface area contributed by atoms with E-state index in [2.05, 4.69) is 16.6 Å². The molecule has 5 nitrogen and oxygen atoms in total. The standard InChI is InChI=1S/C12H19N3O2S/c1-18-9-5-3-2-4-7-14-11-6-8-13-10-12(11)15(16)17/h6,8,10H,2-5,7,9H2,1H3,(H,13,14). The quantitative estimate of drug-likeness (QED) is 0.423. The van der Waals surface area contributed by atoms with Crippen LogP contribution in [0.15, 0.2) is 18.5 Å². The molecule has 0 radical (unpaired) electrons. The number of hydrogen-bond acceptors (Lipinski definition) is 5. The van der Waals surface area contributed by atoms with Crippen LogP contribution in [0, 0.1) is 10.1 Å². The summed E-state index contributed by atoms with van der Waals surface area (Å²) in [7, 11) is 0. The van der Waals surface area contributed by atoms with E-state index in [0.29, 0.717) is 5.69 Å². The Morgan fingerprint density at radius 1 is 1.39 bits per heavy atom.